The van der Waals surface area contributed by atoms with Gasteiger partial charge in [-0.3, -0.25) is 0 Å². The SMILES string of the molecule is COc1ccccc1OC(C)CNC(C)C. The molecule has 1 unspecified atom stereocenters. The summed E-state index contributed by atoms with van der Waals surface area (Å²) in [4.78, 5) is 0. The molecular formula is C13H21NO2. The molecule has 0 saturated heterocycles. The van der Waals surface area contributed by atoms with Gasteiger partial charge in [0.05, 0.1) is 7.11 Å². The Kier molecular flexibility index (Phi) is 5.12. The molecule has 0 heterocycles. The van der Waals surface area contributed by atoms with Crippen LogP contribution in [0.1, 0.15) is 20.8 Å². The molecule has 1 aromatic carbocycles. The molecule has 3 heteroatoms. The predicted molar refractivity (Wildman–Crippen MR) is 66.2 cm³/mol. The first-order chi connectivity index (χ1) is 7.63. The maximum absolute atomic E-state index is 5.80. The van der Waals surface area contributed by atoms with Crippen LogP contribution in [0.4, 0.5) is 0 Å². The van der Waals surface area contributed by atoms with Crippen LogP contribution in [0.3, 0.4) is 0 Å². The summed E-state index contributed by atoms with van der Waals surface area (Å²) < 4.78 is 11.0. The average molecular weight is 223 g/mol. The Morgan fingerprint density at radius 1 is 1.12 bits per heavy atom. The molecule has 0 spiro atoms. The molecule has 0 saturated carbocycles. The molecule has 1 N–H and O–H groups in total. The molecule has 0 amide bonds. The van der Waals surface area contributed by atoms with Crippen molar-refractivity contribution >= 4 is 0 Å². The van der Waals surface area contributed by atoms with E-state index in [0.717, 1.165) is 18.0 Å². The number of nitrogens with one attached hydrogen (secondary N) is 1. The second kappa shape index (κ2) is 6.38. The molecule has 90 valence electrons. The molecule has 0 fully saturated rings. The average Bonchev–Trinajstić information content (AvgIpc) is 2.27. The summed E-state index contributed by atoms with van der Waals surface area (Å²) in [5.41, 5.74) is 0. The van der Waals surface area contributed by atoms with Gasteiger partial charge in [-0.15, -0.1) is 0 Å². The summed E-state index contributed by atoms with van der Waals surface area (Å²) in [5.74, 6) is 1.57. The number of para-hydroxylation sites is 2. The van der Waals surface area contributed by atoms with Crippen LogP contribution in [0.15, 0.2) is 24.3 Å². The molecule has 1 atom stereocenters. The number of ether oxygens (including phenoxy) is 2. The monoisotopic (exact) mass is 223 g/mol. The normalized spacial score (nSPS) is 12.6. The highest BCUT2D eigenvalue weighted by molar-refractivity contribution is 5.39. The third-order valence-corrected chi connectivity index (χ3v) is 2.21. The van der Waals surface area contributed by atoms with Gasteiger partial charge in [0.25, 0.3) is 0 Å². The first kappa shape index (κ1) is 12.8. The van der Waals surface area contributed by atoms with E-state index in [-0.39, 0.29) is 6.10 Å². The van der Waals surface area contributed by atoms with Crippen molar-refractivity contribution in [2.75, 3.05) is 13.7 Å². The molecule has 1 rings (SSSR count). The second-order valence-corrected chi connectivity index (χ2v) is 4.14. The van der Waals surface area contributed by atoms with Gasteiger partial charge >= 0.3 is 0 Å². The van der Waals surface area contributed by atoms with Crippen LogP contribution < -0.4 is 14.8 Å². The maximum atomic E-state index is 5.80. The first-order valence-corrected chi connectivity index (χ1v) is 5.66. The summed E-state index contributed by atoms with van der Waals surface area (Å²) >= 11 is 0. The van der Waals surface area contributed by atoms with Gasteiger partial charge in [-0.05, 0) is 19.1 Å². The Hall–Kier alpha value is -1.22. The van der Waals surface area contributed by atoms with Crippen molar-refractivity contribution in [3.63, 3.8) is 0 Å². The van der Waals surface area contributed by atoms with E-state index in [0.29, 0.717) is 6.04 Å². The molecule has 0 aromatic heterocycles. The van der Waals surface area contributed by atoms with Crippen molar-refractivity contribution in [1.29, 1.82) is 0 Å². The fourth-order valence-electron chi connectivity index (χ4n) is 1.38. The molecule has 3 nitrogen and oxygen atoms in total. The summed E-state index contributed by atoms with van der Waals surface area (Å²) in [6.45, 7) is 7.11. The zero-order valence-electron chi connectivity index (χ0n) is 10.5. The minimum absolute atomic E-state index is 0.124. The molecule has 0 aliphatic rings. The van der Waals surface area contributed by atoms with Crippen LogP contribution in [-0.2, 0) is 0 Å². The van der Waals surface area contributed by atoms with Crippen molar-refractivity contribution in [3.8, 4) is 11.5 Å². The van der Waals surface area contributed by atoms with Gasteiger partial charge in [0.15, 0.2) is 11.5 Å². The van der Waals surface area contributed by atoms with E-state index in [1.807, 2.05) is 31.2 Å². The Balaban J connectivity index is 2.51. The minimum atomic E-state index is 0.124. The Labute approximate surface area is 97.8 Å². The number of rotatable bonds is 6. The van der Waals surface area contributed by atoms with Crippen molar-refractivity contribution in [2.45, 2.75) is 32.9 Å². The van der Waals surface area contributed by atoms with Crippen LogP contribution in [0.2, 0.25) is 0 Å². The number of benzene rings is 1. The van der Waals surface area contributed by atoms with E-state index in [1.54, 1.807) is 7.11 Å². The quantitative estimate of drug-likeness (QED) is 0.803. The molecule has 16 heavy (non-hydrogen) atoms. The lowest BCUT2D eigenvalue weighted by Crippen LogP contribution is -2.33. The highest BCUT2D eigenvalue weighted by atomic mass is 16.5. The predicted octanol–water partition coefficient (Wildman–Crippen LogP) is 2.46. The Bertz CT molecular complexity index is 313. The van der Waals surface area contributed by atoms with E-state index in [9.17, 15) is 0 Å². The summed E-state index contributed by atoms with van der Waals surface area (Å²) in [5, 5.41) is 3.34. The van der Waals surface area contributed by atoms with Crippen molar-refractivity contribution < 1.29 is 9.47 Å². The number of methoxy groups -OCH3 is 1. The van der Waals surface area contributed by atoms with Gasteiger partial charge in [-0.25, -0.2) is 0 Å². The van der Waals surface area contributed by atoms with E-state index >= 15 is 0 Å². The Morgan fingerprint density at radius 3 is 2.31 bits per heavy atom. The first-order valence-electron chi connectivity index (χ1n) is 5.66. The molecule has 0 aliphatic heterocycles. The molecule has 0 aliphatic carbocycles. The lowest BCUT2D eigenvalue weighted by molar-refractivity contribution is 0.204. The van der Waals surface area contributed by atoms with Crippen LogP contribution in [0.25, 0.3) is 0 Å². The van der Waals surface area contributed by atoms with Gasteiger partial charge in [-0.1, -0.05) is 26.0 Å². The van der Waals surface area contributed by atoms with E-state index in [1.165, 1.54) is 0 Å². The van der Waals surface area contributed by atoms with Gasteiger partial charge in [-0.2, -0.15) is 0 Å². The van der Waals surface area contributed by atoms with Crippen molar-refractivity contribution in [1.82, 2.24) is 5.32 Å². The van der Waals surface area contributed by atoms with Gasteiger partial charge in [0, 0.05) is 12.6 Å². The third-order valence-electron chi connectivity index (χ3n) is 2.21. The van der Waals surface area contributed by atoms with Crippen LogP contribution in [-0.4, -0.2) is 25.8 Å². The summed E-state index contributed by atoms with van der Waals surface area (Å²) in [6, 6.07) is 8.18. The Morgan fingerprint density at radius 2 is 1.75 bits per heavy atom. The topological polar surface area (TPSA) is 30.5 Å². The maximum Gasteiger partial charge on any atom is 0.161 e. The zero-order chi connectivity index (χ0) is 12.0. The lowest BCUT2D eigenvalue weighted by Gasteiger charge is -2.18. The summed E-state index contributed by atoms with van der Waals surface area (Å²) in [7, 11) is 1.65. The smallest absolute Gasteiger partial charge is 0.161 e. The molecule has 0 radical (unpaired) electrons. The van der Waals surface area contributed by atoms with E-state index in [2.05, 4.69) is 19.2 Å². The number of hydrogen-bond donors (Lipinski definition) is 1. The largest absolute Gasteiger partial charge is 0.493 e. The minimum Gasteiger partial charge on any atom is -0.493 e. The fourth-order valence-corrected chi connectivity index (χ4v) is 1.38. The van der Waals surface area contributed by atoms with Crippen LogP contribution in [0, 0.1) is 0 Å². The standard InChI is InChI=1S/C13H21NO2/c1-10(2)14-9-11(3)16-13-8-6-5-7-12(13)15-4/h5-8,10-11,14H,9H2,1-4H3. The van der Waals surface area contributed by atoms with Crippen LogP contribution >= 0.6 is 0 Å². The van der Waals surface area contributed by atoms with Gasteiger partial charge < -0.3 is 14.8 Å². The second-order valence-electron chi connectivity index (χ2n) is 4.14. The van der Waals surface area contributed by atoms with Crippen molar-refractivity contribution in [2.24, 2.45) is 0 Å². The highest BCUT2D eigenvalue weighted by Crippen LogP contribution is 2.26. The molecule has 1 aromatic rings. The molecule has 0 bridgehead atoms. The van der Waals surface area contributed by atoms with Crippen LogP contribution in [0.5, 0.6) is 11.5 Å². The summed E-state index contributed by atoms with van der Waals surface area (Å²) in [6.07, 6.45) is 0.124. The molecular weight excluding hydrogens is 202 g/mol. The van der Waals surface area contributed by atoms with E-state index in [4.69, 9.17) is 9.47 Å². The van der Waals surface area contributed by atoms with Crippen molar-refractivity contribution in [3.05, 3.63) is 24.3 Å². The highest BCUT2D eigenvalue weighted by Gasteiger charge is 2.08. The lowest BCUT2D eigenvalue weighted by atomic mass is 10.3. The zero-order valence-corrected chi connectivity index (χ0v) is 10.5. The fraction of sp³-hybridized carbons (Fsp3) is 0.538. The van der Waals surface area contributed by atoms with E-state index < -0.39 is 0 Å². The van der Waals surface area contributed by atoms with Gasteiger partial charge in [0.2, 0.25) is 0 Å². The number of hydrogen-bond acceptors (Lipinski definition) is 3. The third kappa shape index (κ3) is 4.11. The van der Waals surface area contributed by atoms with Gasteiger partial charge in [0.1, 0.15) is 6.10 Å².